The molecule has 3 nitrogen and oxygen atoms in total. The third kappa shape index (κ3) is 1.09. The molecule has 0 amide bonds. The highest BCUT2D eigenvalue weighted by Gasteiger charge is 2.67. The van der Waals surface area contributed by atoms with Crippen molar-refractivity contribution in [3.05, 3.63) is 0 Å². The molecular formula is C9H14O3S. The van der Waals surface area contributed by atoms with Crippen molar-refractivity contribution in [2.24, 2.45) is 0 Å². The highest BCUT2D eigenvalue weighted by molar-refractivity contribution is 7.99. The number of rotatable bonds is 1. The zero-order chi connectivity index (χ0) is 9.22. The Bertz CT molecular complexity index is 243. The number of fused-ring (bicyclic) bond motifs is 3. The molecule has 0 aromatic carbocycles. The Balaban J connectivity index is 1.84. The lowest BCUT2D eigenvalue weighted by Crippen LogP contribution is -2.31. The van der Waals surface area contributed by atoms with Crippen molar-refractivity contribution in [1.29, 1.82) is 0 Å². The van der Waals surface area contributed by atoms with Gasteiger partial charge in [0.15, 0.2) is 5.79 Å². The number of hydrogen-bond donors (Lipinski definition) is 0. The Morgan fingerprint density at radius 3 is 2.38 bits per heavy atom. The predicted octanol–water partition coefficient (Wildman–Crippen LogP) is 1.02. The molecule has 13 heavy (non-hydrogen) atoms. The Morgan fingerprint density at radius 1 is 1.00 bits per heavy atom. The summed E-state index contributed by atoms with van der Waals surface area (Å²) in [5, 5.41) is 0.469. The molecule has 0 radical (unpaired) electrons. The average Bonchev–Trinajstić information content (AvgIpc) is 2.66. The van der Waals surface area contributed by atoms with E-state index in [1.807, 2.05) is 25.6 Å². The SMILES string of the molecule is CS[C@H]1[C@@H]2OC(C)(C)O[C@@H]2[C@@H]2O[C@@H]21. The van der Waals surface area contributed by atoms with Gasteiger partial charge in [0, 0.05) is 0 Å². The van der Waals surface area contributed by atoms with Gasteiger partial charge < -0.3 is 14.2 Å². The van der Waals surface area contributed by atoms with Gasteiger partial charge in [-0.1, -0.05) is 0 Å². The van der Waals surface area contributed by atoms with E-state index in [4.69, 9.17) is 14.2 Å². The van der Waals surface area contributed by atoms with Crippen molar-refractivity contribution in [3.63, 3.8) is 0 Å². The second-order valence-electron chi connectivity index (χ2n) is 4.33. The summed E-state index contributed by atoms with van der Waals surface area (Å²) in [7, 11) is 0. The minimum atomic E-state index is -0.416. The first kappa shape index (κ1) is 8.53. The Hall–Kier alpha value is 0.230. The van der Waals surface area contributed by atoms with Crippen molar-refractivity contribution in [2.75, 3.05) is 6.26 Å². The molecule has 0 unspecified atom stereocenters. The van der Waals surface area contributed by atoms with Crippen LogP contribution in [0.5, 0.6) is 0 Å². The fourth-order valence-electron chi connectivity index (χ4n) is 2.45. The quantitative estimate of drug-likeness (QED) is 0.594. The molecule has 1 aliphatic carbocycles. The summed E-state index contributed by atoms with van der Waals surface area (Å²) in [6.07, 6.45) is 3.23. The third-order valence-electron chi connectivity index (χ3n) is 2.97. The van der Waals surface area contributed by atoms with Crippen LogP contribution < -0.4 is 0 Å². The summed E-state index contributed by atoms with van der Waals surface area (Å²) < 4.78 is 17.2. The molecule has 3 aliphatic rings. The molecule has 0 N–H and O–H groups in total. The maximum Gasteiger partial charge on any atom is 0.163 e. The van der Waals surface area contributed by atoms with Gasteiger partial charge in [-0.15, -0.1) is 0 Å². The van der Waals surface area contributed by atoms with Gasteiger partial charge in [0.25, 0.3) is 0 Å². The lowest BCUT2D eigenvalue weighted by molar-refractivity contribution is -0.148. The maximum atomic E-state index is 5.85. The Labute approximate surface area is 82.1 Å². The van der Waals surface area contributed by atoms with E-state index in [0.717, 1.165) is 0 Å². The number of thioether (sulfide) groups is 1. The molecule has 2 aliphatic heterocycles. The Morgan fingerprint density at radius 2 is 1.69 bits per heavy atom. The molecule has 3 fully saturated rings. The normalized spacial score (nSPS) is 56.1. The Kier molecular flexibility index (Phi) is 1.59. The van der Waals surface area contributed by atoms with Gasteiger partial charge in [-0.05, 0) is 20.1 Å². The molecule has 3 rings (SSSR count). The van der Waals surface area contributed by atoms with Gasteiger partial charge in [-0.3, -0.25) is 0 Å². The van der Waals surface area contributed by atoms with E-state index in [9.17, 15) is 0 Å². The molecule has 1 saturated carbocycles. The van der Waals surface area contributed by atoms with Gasteiger partial charge in [0.1, 0.15) is 24.4 Å². The van der Waals surface area contributed by atoms with E-state index in [2.05, 4.69) is 6.26 Å². The van der Waals surface area contributed by atoms with E-state index >= 15 is 0 Å². The molecule has 0 aromatic rings. The largest absolute Gasteiger partial charge is 0.365 e. The molecule has 2 saturated heterocycles. The van der Waals surface area contributed by atoms with Crippen molar-refractivity contribution in [2.45, 2.75) is 49.3 Å². The molecule has 0 bridgehead atoms. The van der Waals surface area contributed by atoms with E-state index in [1.54, 1.807) is 0 Å². The van der Waals surface area contributed by atoms with Crippen LogP contribution >= 0.6 is 11.8 Å². The zero-order valence-electron chi connectivity index (χ0n) is 8.02. The first-order valence-corrected chi connectivity index (χ1v) is 5.95. The second-order valence-corrected chi connectivity index (χ2v) is 5.35. The number of hydrogen-bond acceptors (Lipinski definition) is 4. The maximum absolute atomic E-state index is 5.85. The van der Waals surface area contributed by atoms with E-state index in [-0.39, 0.29) is 12.2 Å². The molecule has 74 valence electrons. The van der Waals surface area contributed by atoms with Crippen LogP contribution in [0.15, 0.2) is 0 Å². The van der Waals surface area contributed by atoms with E-state index in [1.165, 1.54) is 0 Å². The van der Waals surface area contributed by atoms with E-state index in [0.29, 0.717) is 17.5 Å². The van der Waals surface area contributed by atoms with Crippen LogP contribution in [0.1, 0.15) is 13.8 Å². The zero-order valence-corrected chi connectivity index (χ0v) is 8.84. The summed E-state index contributed by atoms with van der Waals surface area (Å²) in [5.74, 6) is -0.416. The third-order valence-corrected chi connectivity index (χ3v) is 4.05. The first-order chi connectivity index (χ1) is 6.12. The van der Waals surface area contributed by atoms with Crippen LogP contribution in [0.4, 0.5) is 0 Å². The number of ether oxygens (including phenoxy) is 3. The molecule has 4 heteroatoms. The van der Waals surface area contributed by atoms with Crippen molar-refractivity contribution < 1.29 is 14.2 Å². The van der Waals surface area contributed by atoms with Gasteiger partial charge in [0.2, 0.25) is 0 Å². The standard InChI is InChI=1S/C9H14O3S/c1-9(2)11-5-4-6(10-4)8(13-3)7(5)12-9/h4-8H,1-3H3/t4-,5+,6-,7+,8+/m0/s1. The van der Waals surface area contributed by atoms with Crippen LogP contribution in [0.25, 0.3) is 0 Å². The summed E-state index contributed by atoms with van der Waals surface area (Å²) in [6.45, 7) is 3.94. The molecule has 2 heterocycles. The summed E-state index contributed by atoms with van der Waals surface area (Å²) in [5.41, 5.74) is 0. The van der Waals surface area contributed by atoms with E-state index < -0.39 is 5.79 Å². The molecule has 0 aromatic heterocycles. The van der Waals surface area contributed by atoms with Crippen LogP contribution in [0.2, 0.25) is 0 Å². The molecule has 5 atom stereocenters. The fourth-order valence-corrected chi connectivity index (χ4v) is 3.41. The smallest absolute Gasteiger partial charge is 0.163 e. The molecular weight excluding hydrogens is 188 g/mol. The van der Waals surface area contributed by atoms with Gasteiger partial charge in [-0.2, -0.15) is 11.8 Å². The lowest BCUT2D eigenvalue weighted by Gasteiger charge is -2.20. The minimum absolute atomic E-state index is 0.178. The average molecular weight is 202 g/mol. The van der Waals surface area contributed by atoms with Crippen molar-refractivity contribution >= 4 is 11.8 Å². The van der Waals surface area contributed by atoms with Crippen LogP contribution in [-0.4, -0.2) is 41.7 Å². The first-order valence-electron chi connectivity index (χ1n) is 4.66. The molecule has 0 spiro atoms. The van der Waals surface area contributed by atoms with Crippen LogP contribution in [0, 0.1) is 0 Å². The summed E-state index contributed by atoms with van der Waals surface area (Å²) >= 11 is 1.83. The van der Waals surface area contributed by atoms with Gasteiger partial charge in [-0.25, -0.2) is 0 Å². The van der Waals surface area contributed by atoms with Crippen molar-refractivity contribution in [3.8, 4) is 0 Å². The van der Waals surface area contributed by atoms with Crippen LogP contribution in [-0.2, 0) is 14.2 Å². The topological polar surface area (TPSA) is 31.0 Å². The highest BCUT2D eigenvalue weighted by Crippen LogP contribution is 2.52. The number of epoxide rings is 1. The lowest BCUT2D eigenvalue weighted by atomic mass is 10.2. The summed E-state index contributed by atoms with van der Waals surface area (Å²) in [4.78, 5) is 0. The second kappa shape index (κ2) is 2.42. The van der Waals surface area contributed by atoms with Crippen LogP contribution in [0.3, 0.4) is 0 Å². The highest BCUT2D eigenvalue weighted by atomic mass is 32.2. The summed E-state index contributed by atoms with van der Waals surface area (Å²) in [6, 6.07) is 0. The van der Waals surface area contributed by atoms with Gasteiger partial charge >= 0.3 is 0 Å². The monoisotopic (exact) mass is 202 g/mol. The van der Waals surface area contributed by atoms with Gasteiger partial charge in [0.05, 0.1) is 5.25 Å². The van der Waals surface area contributed by atoms with Crippen molar-refractivity contribution in [1.82, 2.24) is 0 Å². The predicted molar refractivity (Wildman–Crippen MR) is 49.8 cm³/mol. The fraction of sp³-hybridized carbons (Fsp3) is 1.00. The minimum Gasteiger partial charge on any atom is -0.365 e.